The van der Waals surface area contributed by atoms with Gasteiger partial charge in [-0.25, -0.2) is 13.5 Å². The van der Waals surface area contributed by atoms with E-state index in [0.717, 1.165) is 6.08 Å². The third kappa shape index (κ3) is 7.22. The van der Waals surface area contributed by atoms with Crippen molar-refractivity contribution in [2.45, 2.75) is 18.9 Å². The molecule has 8 nitrogen and oxygen atoms in total. The number of benzene rings is 2. The Balaban J connectivity index is 0.00000408. The summed E-state index contributed by atoms with van der Waals surface area (Å²) >= 11 is 0. The molecule has 0 radical (unpaired) electrons. The number of aliphatic hydroxyl groups is 1. The number of carboxylic acid groups (broad SMARTS) is 1. The van der Waals surface area contributed by atoms with Gasteiger partial charge in [0.2, 0.25) is 0 Å². The van der Waals surface area contributed by atoms with E-state index < -0.39 is 42.3 Å². The summed E-state index contributed by atoms with van der Waals surface area (Å²) < 4.78 is 28.5. The smallest absolute Gasteiger partial charge is 0.550 e. The Kier molecular flexibility index (Phi) is 9.94. The van der Waals surface area contributed by atoms with Crippen molar-refractivity contribution < 1.29 is 58.1 Å². The van der Waals surface area contributed by atoms with Gasteiger partial charge in [-0.2, -0.15) is 0 Å². The number of halogens is 2. The summed E-state index contributed by atoms with van der Waals surface area (Å²) in [6.45, 7) is 0. The Morgan fingerprint density at radius 1 is 1.00 bits per heavy atom. The second kappa shape index (κ2) is 12.4. The van der Waals surface area contributed by atoms with Crippen LogP contribution >= 0.6 is 0 Å². The van der Waals surface area contributed by atoms with E-state index in [1.165, 1.54) is 59.3 Å². The zero-order valence-corrected chi connectivity index (χ0v) is 20.5. The zero-order valence-electron chi connectivity index (χ0n) is 18.5. The number of carboxylic acids is 1. The number of aromatic nitrogens is 4. The van der Waals surface area contributed by atoms with Crippen molar-refractivity contribution in [3.05, 3.63) is 89.3 Å². The van der Waals surface area contributed by atoms with E-state index in [0.29, 0.717) is 22.3 Å². The first-order valence-corrected chi connectivity index (χ1v) is 9.82. The molecule has 0 aliphatic carbocycles. The van der Waals surface area contributed by atoms with Crippen LogP contribution in [0.2, 0.25) is 0 Å². The van der Waals surface area contributed by atoms with Crippen LogP contribution in [0.4, 0.5) is 8.78 Å². The monoisotopic (exact) mass is 476 g/mol. The summed E-state index contributed by atoms with van der Waals surface area (Å²) in [6.07, 6.45) is 0.0743. The van der Waals surface area contributed by atoms with Crippen molar-refractivity contribution in [3.8, 4) is 0 Å². The van der Waals surface area contributed by atoms with Gasteiger partial charge in [-0.3, -0.25) is 4.79 Å². The molecule has 1 heterocycles. The largest absolute Gasteiger partial charge is 1.00 e. The third-order valence-corrected chi connectivity index (χ3v) is 4.67. The molecule has 170 valence electrons. The molecule has 0 amide bonds. The number of ketones is 1. The molecular formula is C23H19F2N4NaO4. The summed E-state index contributed by atoms with van der Waals surface area (Å²) in [5.74, 6) is -2.66. The van der Waals surface area contributed by atoms with E-state index in [1.54, 1.807) is 7.05 Å². The standard InChI is InChI=1S/C23H20F2N4O4.Na/c1-29-23(26-27-28-29)20(11-10-18(30)12-19(31)13-21(32)33)22(14-2-6-16(24)7-3-14)15-4-8-17(25)9-5-15;/h2-11,19,31H,12-13H2,1H3,(H,32,33);/q;+1/p-1. The first-order valence-electron chi connectivity index (χ1n) is 9.82. The molecule has 3 aromatic rings. The number of nitrogens with zero attached hydrogens (tertiary/aromatic N) is 4. The summed E-state index contributed by atoms with van der Waals surface area (Å²) in [6, 6.07) is 11.1. The van der Waals surface area contributed by atoms with Gasteiger partial charge < -0.3 is 15.0 Å². The van der Waals surface area contributed by atoms with E-state index in [-0.39, 0.29) is 35.4 Å². The predicted octanol–water partition coefficient (Wildman–Crippen LogP) is -1.53. The summed E-state index contributed by atoms with van der Waals surface area (Å²) in [7, 11) is 1.58. The van der Waals surface area contributed by atoms with Crippen LogP contribution in [-0.4, -0.2) is 43.2 Å². The van der Waals surface area contributed by atoms with Crippen molar-refractivity contribution in [1.29, 1.82) is 0 Å². The van der Waals surface area contributed by atoms with Gasteiger partial charge in [0.25, 0.3) is 0 Å². The molecule has 0 spiro atoms. The SMILES string of the molecule is Cn1nnnc1C(C=CC(=O)CC(O)CC(=O)[O-])=C(c1ccc(F)cc1)c1ccc(F)cc1.[Na+]. The number of hydrogen-bond acceptors (Lipinski definition) is 7. The van der Waals surface area contributed by atoms with Crippen molar-refractivity contribution >= 4 is 22.9 Å². The van der Waals surface area contributed by atoms with Crippen LogP contribution in [0.25, 0.3) is 11.1 Å². The number of rotatable bonds is 9. The van der Waals surface area contributed by atoms with Gasteiger partial charge in [-0.05, 0) is 63.5 Å². The van der Waals surface area contributed by atoms with Crippen LogP contribution in [0.3, 0.4) is 0 Å². The van der Waals surface area contributed by atoms with Gasteiger partial charge in [0.1, 0.15) is 11.6 Å². The molecule has 11 heteroatoms. The Morgan fingerprint density at radius 2 is 1.53 bits per heavy atom. The number of tetrazole rings is 1. The molecule has 0 saturated heterocycles. The van der Waals surface area contributed by atoms with Crippen LogP contribution in [0.15, 0.2) is 60.7 Å². The second-order valence-corrected chi connectivity index (χ2v) is 7.16. The minimum Gasteiger partial charge on any atom is -0.550 e. The third-order valence-electron chi connectivity index (χ3n) is 4.67. The molecule has 0 fully saturated rings. The minimum atomic E-state index is -1.47. The molecule has 0 bridgehead atoms. The summed E-state index contributed by atoms with van der Waals surface area (Å²) in [5.41, 5.74) is 1.96. The second-order valence-electron chi connectivity index (χ2n) is 7.16. The van der Waals surface area contributed by atoms with Crippen molar-refractivity contribution in [2.24, 2.45) is 7.05 Å². The Labute approximate surface area is 215 Å². The fourth-order valence-electron chi connectivity index (χ4n) is 3.18. The fraction of sp³-hybridized carbons (Fsp3) is 0.174. The molecule has 1 aromatic heterocycles. The number of carbonyl (C=O) groups excluding carboxylic acids is 2. The Morgan fingerprint density at radius 3 is 1.97 bits per heavy atom. The van der Waals surface area contributed by atoms with Gasteiger partial charge in [0, 0.05) is 31.4 Å². The van der Waals surface area contributed by atoms with E-state index in [4.69, 9.17) is 0 Å². The van der Waals surface area contributed by atoms with E-state index in [1.807, 2.05) is 0 Å². The Hall–Kier alpha value is -3.05. The number of aliphatic carboxylic acids is 1. The maximum atomic E-state index is 13.6. The molecule has 0 aliphatic heterocycles. The summed E-state index contributed by atoms with van der Waals surface area (Å²) in [4.78, 5) is 23.0. The number of carbonyl (C=O) groups is 2. The minimum absolute atomic E-state index is 0. The fourth-order valence-corrected chi connectivity index (χ4v) is 3.18. The van der Waals surface area contributed by atoms with Crippen LogP contribution in [0.1, 0.15) is 29.8 Å². The van der Waals surface area contributed by atoms with Crippen LogP contribution in [0, 0.1) is 11.6 Å². The first kappa shape index (κ1) is 27.2. The average molecular weight is 476 g/mol. The molecule has 0 saturated carbocycles. The van der Waals surface area contributed by atoms with Crippen LogP contribution in [-0.2, 0) is 16.6 Å². The molecule has 3 rings (SSSR count). The van der Waals surface area contributed by atoms with Gasteiger partial charge in [0.15, 0.2) is 11.6 Å². The molecule has 1 atom stereocenters. The van der Waals surface area contributed by atoms with Crippen molar-refractivity contribution in [1.82, 2.24) is 20.2 Å². The average Bonchev–Trinajstić information content (AvgIpc) is 3.18. The summed E-state index contributed by atoms with van der Waals surface area (Å²) in [5, 5.41) is 31.8. The molecule has 2 aromatic carbocycles. The molecule has 1 N–H and O–H groups in total. The Bertz CT molecular complexity index is 1160. The number of allylic oxidation sites excluding steroid dienone is 3. The van der Waals surface area contributed by atoms with E-state index in [9.17, 15) is 28.6 Å². The number of hydrogen-bond donors (Lipinski definition) is 1. The van der Waals surface area contributed by atoms with Gasteiger partial charge in [0.05, 0.1) is 6.10 Å². The number of aliphatic hydroxyl groups excluding tert-OH is 1. The van der Waals surface area contributed by atoms with Gasteiger partial charge in [-0.1, -0.05) is 24.3 Å². The first-order chi connectivity index (χ1) is 15.7. The van der Waals surface area contributed by atoms with Gasteiger partial charge >= 0.3 is 29.6 Å². The van der Waals surface area contributed by atoms with Crippen LogP contribution in [0.5, 0.6) is 0 Å². The molecule has 1 unspecified atom stereocenters. The maximum Gasteiger partial charge on any atom is 1.00 e. The van der Waals surface area contributed by atoms with Crippen molar-refractivity contribution in [2.75, 3.05) is 0 Å². The van der Waals surface area contributed by atoms with Crippen molar-refractivity contribution in [3.63, 3.8) is 0 Å². The number of aryl methyl sites for hydroxylation is 1. The van der Waals surface area contributed by atoms with Crippen LogP contribution < -0.4 is 34.7 Å². The predicted molar refractivity (Wildman–Crippen MR) is 112 cm³/mol. The molecule has 0 aliphatic rings. The quantitative estimate of drug-likeness (QED) is 0.226. The molecule has 34 heavy (non-hydrogen) atoms. The van der Waals surface area contributed by atoms with E-state index >= 15 is 0 Å². The van der Waals surface area contributed by atoms with Gasteiger partial charge in [-0.15, -0.1) is 5.10 Å². The molecular weight excluding hydrogens is 457 g/mol. The maximum absolute atomic E-state index is 13.6. The topological polar surface area (TPSA) is 121 Å². The van der Waals surface area contributed by atoms with E-state index in [2.05, 4.69) is 15.5 Å². The normalized spacial score (nSPS) is 11.6. The zero-order chi connectivity index (χ0) is 24.0.